The van der Waals surface area contributed by atoms with E-state index in [0.717, 1.165) is 50.4 Å². The van der Waals surface area contributed by atoms with E-state index in [9.17, 15) is 14.7 Å². The Balaban J connectivity index is 0.989. The number of likely N-dealkylation sites (N-methyl/N-ethyl adjacent to an activating group) is 1. The van der Waals surface area contributed by atoms with Crippen molar-refractivity contribution in [2.75, 3.05) is 43.9 Å². The van der Waals surface area contributed by atoms with E-state index in [1.165, 1.54) is 5.56 Å². The van der Waals surface area contributed by atoms with Crippen LogP contribution >= 0.6 is 0 Å². The molecule has 0 bridgehead atoms. The van der Waals surface area contributed by atoms with Crippen LogP contribution in [0.2, 0.25) is 0 Å². The van der Waals surface area contributed by atoms with Gasteiger partial charge in [-0.3, -0.25) is 9.69 Å². The molecule has 42 heavy (non-hydrogen) atoms. The molecule has 2 aliphatic carbocycles. The minimum Gasteiger partial charge on any atom is -0.508 e. The Bertz CT molecular complexity index is 1460. The van der Waals surface area contributed by atoms with Crippen LogP contribution in [0.5, 0.6) is 5.75 Å². The number of amides is 3. The number of hydrogen-bond acceptors (Lipinski definition) is 7. The first-order chi connectivity index (χ1) is 20.2. The molecule has 10 nitrogen and oxygen atoms in total. The first-order valence-corrected chi connectivity index (χ1v) is 14.5. The Morgan fingerprint density at radius 2 is 1.95 bits per heavy atom. The Morgan fingerprint density at radius 3 is 2.69 bits per heavy atom. The summed E-state index contributed by atoms with van der Waals surface area (Å²) < 4.78 is 5.98. The van der Waals surface area contributed by atoms with Crippen LogP contribution < -0.4 is 20.7 Å². The van der Waals surface area contributed by atoms with Gasteiger partial charge in [0.25, 0.3) is 0 Å². The molecule has 3 fully saturated rings. The molecule has 3 atom stereocenters. The number of fused-ring (bicyclic) bond motifs is 2. The van der Waals surface area contributed by atoms with Crippen molar-refractivity contribution < 1.29 is 19.4 Å². The number of rotatable bonds is 9. The maximum absolute atomic E-state index is 12.8. The highest BCUT2D eigenvalue weighted by molar-refractivity contribution is 5.93. The van der Waals surface area contributed by atoms with Crippen LogP contribution in [0.4, 0.5) is 16.3 Å². The number of piperazine rings is 1. The lowest BCUT2D eigenvalue weighted by atomic mass is 10.0. The van der Waals surface area contributed by atoms with Crippen LogP contribution in [0.1, 0.15) is 30.9 Å². The van der Waals surface area contributed by atoms with Gasteiger partial charge in [0.15, 0.2) is 0 Å². The molecule has 1 saturated heterocycles. The van der Waals surface area contributed by atoms with Crippen molar-refractivity contribution in [1.82, 2.24) is 20.1 Å². The maximum Gasteiger partial charge on any atom is 0.319 e. The summed E-state index contributed by atoms with van der Waals surface area (Å²) in [5.74, 6) is 2.03. The molecule has 6 rings (SSSR count). The number of benzene rings is 1. The molecule has 10 heteroatoms. The minimum absolute atomic E-state index is 0.0101. The van der Waals surface area contributed by atoms with Crippen molar-refractivity contribution in [2.45, 2.75) is 38.3 Å². The van der Waals surface area contributed by atoms with Crippen molar-refractivity contribution >= 4 is 23.4 Å². The van der Waals surface area contributed by atoms with Crippen molar-refractivity contribution in [3.63, 3.8) is 0 Å². The van der Waals surface area contributed by atoms with E-state index in [2.05, 4.69) is 56.5 Å². The SMILES string of the molecule is C=C(/C(O)=C\C=C(/C)Oc1ccnc2c1CCC(=O)N2)C1C2CC21NC(=O)Nc1ccc(CN2CCN(C)CC2)cc1. The molecule has 1 aromatic carbocycles. The highest BCUT2D eigenvalue weighted by Gasteiger charge is 2.80. The number of aromatic nitrogens is 1. The van der Waals surface area contributed by atoms with E-state index in [4.69, 9.17) is 4.74 Å². The number of hydrogen-bond donors (Lipinski definition) is 4. The predicted molar refractivity (Wildman–Crippen MR) is 161 cm³/mol. The van der Waals surface area contributed by atoms with Gasteiger partial charge in [-0.05, 0) is 74.2 Å². The number of carbonyl (C=O) groups excluding carboxylic acids is 2. The van der Waals surface area contributed by atoms with E-state index in [1.807, 2.05) is 12.1 Å². The second-order valence-corrected chi connectivity index (χ2v) is 11.8. The van der Waals surface area contributed by atoms with Crippen LogP contribution in [0, 0.1) is 11.8 Å². The van der Waals surface area contributed by atoms with Gasteiger partial charge in [0, 0.05) is 62.5 Å². The lowest BCUT2D eigenvalue weighted by molar-refractivity contribution is -0.116. The van der Waals surface area contributed by atoms with Gasteiger partial charge in [-0.15, -0.1) is 0 Å². The van der Waals surface area contributed by atoms with E-state index in [-0.39, 0.29) is 35.1 Å². The fourth-order valence-electron chi connectivity index (χ4n) is 6.04. The van der Waals surface area contributed by atoms with Crippen LogP contribution in [-0.2, 0) is 17.8 Å². The largest absolute Gasteiger partial charge is 0.508 e. The summed E-state index contributed by atoms with van der Waals surface area (Å²) >= 11 is 0. The molecule has 2 aliphatic heterocycles. The standard InChI is InChI=1S/C32H38N6O4/c1-20(42-27-12-13-33-30-24(27)9-11-28(40)35-30)4-10-26(39)21(2)29-25-18-32(25,29)36-31(41)34-23-7-5-22(6-8-23)19-38-16-14-37(3)15-17-38/h4-8,10,12-13,25,29,39H,2,9,11,14-19H2,1,3H3,(H,33,35,40)(H2,34,36,41)/b20-4+,26-10+. The molecule has 3 heterocycles. The third kappa shape index (κ3) is 5.91. The summed E-state index contributed by atoms with van der Waals surface area (Å²) in [4.78, 5) is 33.4. The molecule has 3 amide bonds. The third-order valence-electron chi connectivity index (χ3n) is 8.79. The van der Waals surface area contributed by atoms with E-state index >= 15 is 0 Å². The summed E-state index contributed by atoms with van der Waals surface area (Å²) in [6.45, 7) is 11.1. The smallest absolute Gasteiger partial charge is 0.319 e. The van der Waals surface area contributed by atoms with Gasteiger partial charge in [0.2, 0.25) is 5.91 Å². The second-order valence-electron chi connectivity index (χ2n) is 11.8. The number of nitrogens with one attached hydrogen (secondary N) is 3. The first-order valence-electron chi connectivity index (χ1n) is 14.5. The van der Waals surface area contributed by atoms with E-state index in [1.54, 1.807) is 31.3 Å². The zero-order chi connectivity index (χ0) is 29.4. The molecule has 4 N–H and O–H groups in total. The van der Waals surface area contributed by atoms with Crippen molar-refractivity contribution in [2.24, 2.45) is 11.8 Å². The molecule has 1 aromatic heterocycles. The van der Waals surface area contributed by atoms with Gasteiger partial charge in [-0.25, -0.2) is 9.78 Å². The molecule has 0 radical (unpaired) electrons. The average molecular weight is 571 g/mol. The highest BCUT2D eigenvalue weighted by atomic mass is 16.5. The van der Waals surface area contributed by atoms with Crippen molar-refractivity contribution in [1.29, 1.82) is 0 Å². The van der Waals surface area contributed by atoms with Crippen LogP contribution in [0.25, 0.3) is 0 Å². The fourth-order valence-corrected chi connectivity index (χ4v) is 6.04. The summed E-state index contributed by atoms with van der Waals surface area (Å²) in [6.07, 6.45) is 6.67. The maximum atomic E-state index is 12.8. The number of carbonyl (C=O) groups is 2. The number of urea groups is 1. The number of ether oxygens (including phenoxy) is 1. The zero-order valence-electron chi connectivity index (χ0n) is 24.2. The van der Waals surface area contributed by atoms with Gasteiger partial charge in [-0.2, -0.15) is 0 Å². The van der Waals surface area contributed by atoms with E-state index in [0.29, 0.717) is 35.7 Å². The lowest BCUT2D eigenvalue weighted by Crippen LogP contribution is -2.43. The van der Waals surface area contributed by atoms with Gasteiger partial charge in [-0.1, -0.05) is 18.7 Å². The molecular formula is C32H38N6O4. The minimum atomic E-state index is -0.333. The molecule has 3 unspecified atom stereocenters. The van der Waals surface area contributed by atoms with Crippen LogP contribution in [0.3, 0.4) is 0 Å². The molecule has 0 spiro atoms. The molecule has 2 saturated carbocycles. The Morgan fingerprint density at radius 1 is 1.19 bits per heavy atom. The highest BCUT2D eigenvalue weighted by Crippen LogP contribution is 2.74. The number of aliphatic hydroxyl groups excluding tert-OH is 1. The quantitative estimate of drug-likeness (QED) is 0.264. The summed E-state index contributed by atoms with van der Waals surface area (Å²) in [7, 11) is 2.15. The van der Waals surface area contributed by atoms with Gasteiger partial charge in [0.05, 0.1) is 5.54 Å². The predicted octanol–water partition coefficient (Wildman–Crippen LogP) is 4.20. The zero-order valence-corrected chi connectivity index (χ0v) is 24.2. The molecule has 4 aliphatic rings. The van der Waals surface area contributed by atoms with Crippen molar-refractivity contribution in [3.8, 4) is 5.75 Å². The van der Waals surface area contributed by atoms with Crippen LogP contribution in [0.15, 0.2) is 72.4 Å². The first kappa shape index (κ1) is 28.0. The summed E-state index contributed by atoms with van der Waals surface area (Å²) in [6, 6.07) is 9.54. The monoisotopic (exact) mass is 570 g/mol. The van der Waals surface area contributed by atoms with Gasteiger partial charge in [0.1, 0.15) is 23.1 Å². The summed E-state index contributed by atoms with van der Waals surface area (Å²) in [5, 5.41) is 19.5. The van der Waals surface area contributed by atoms with Gasteiger partial charge >= 0.3 is 6.03 Å². The van der Waals surface area contributed by atoms with Crippen LogP contribution in [-0.4, -0.2) is 70.6 Å². The number of allylic oxidation sites excluding steroid dienone is 4. The van der Waals surface area contributed by atoms with E-state index < -0.39 is 0 Å². The average Bonchev–Trinajstić information content (AvgIpc) is 3.83. The topological polar surface area (TPSA) is 119 Å². The van der Waals surface area contributed by atoms with Crippen molar-refractivity contribution in [3.05, 3.63) is 83.5 Å². The fraction of sp³-hybridized carbons (Fsp3) is 0.406. The number of pyridine rings is 1. The Hall–Kier alpha value is -4.15. The third-order valence-corrected chi connectivity index (χ3v) is 8.79. The molecular weight excluding hydrogens is 532 g/mol. The van der Waals surface area contributed by atoms with Gasteiger partial charge < -0.3 is 30.7 Å². The molecule has 220 valence electrons. The Kier molecular flexibility index (Phi) is 7.51. The number of nitrogens with zero attached hydrogens (tertiary/aromatic N) is 3. The Labute approximate surface area is 246 Å². The normalized spacial score (nSPS) is 25.5. The second kappa shape index (κ2) is 11.3. The number of anilines is 2. The molecule has 2 aromatic rings. The summed E-state index contributed by atoms with van der Waals surface area (Å²) in [5.41, 5.74) is 3.11. The number of aliphatic hydroxyl groups is 1. The lowest BCUT2D eigenvalue weighted by Gasteiger charge is -2.32.